The molecule has 5 nitrogen and oxygen atoms in total. The SMILES string of the molecule is CN(Cc1ccc2c(c1)OCCO2)c1ncc(Br)cc1C#N. The highest BCUT2D eigenvalue weighted by Crippen LogP contribution is 2.31. The first kappa shape index (κ1) is 14.7. The number of nitrogens with zero attached hydrogens (tertiary/aromatic N) is 3. The van der Waals surface area contributed by atoms with E-state index in [-0.39, 0.29) is 0 Å². The fraction of sp³-hybridized carbons (Fsp3) is 0.250. The van der Waals surface area contributed by atoms with Crippen molar-refractivity contribution in [3.8, 4) is 17.6 Å². The van der Waals surface area contributed by atoms with Crippen LogP contribution in [0.4, 0.5) is 5.82 Å². The molecule has 0 spiro atoms. The van der Waals surface area contributed by atoms with Crippen LogP contribution in [0, 0.1) is 11.3 Å². The summed E-state index contributed by atoms with van der Waals surface area (Å²) in [6, 6.07) is 9.82. The Balaban J connectivity index is 1.83. The van der Waals surface area contributed by atoms with E-state index < -0.39 is 0 Å². The van der Waals surface area contributed by atoms with Crippen molar-refractivity contribution in [1.82, 2.24) is 4.98 Å². The van der Waals surface area contributed by atoms with Crippen molar-refractivity contribution in [3.05, 3.63) is 46.1 Å². The Bertz CT molecular complexity index is 743. The quantitative estimate of drug-likeness (QED) is 0.842. The molecule has 0 unspecified atom stereocenters. The molecular weight excluding hydrogens is 346 g/mol. The van der Waals surface area contributed by atoms with E-state index in [4.69, 9.17) is 9.47 Å². The summed E-state index contributed by atoms with van der Waals surface area (Å²) in [5.74, 6) is 2.19. The van der Waals surface area contributed by atoms with Crippen LogP contribution < -0.4 is 14.4 Å². The highest BCUT2D eigenvalue weighted by Gasteiger charge is 2.14. The number of pyridine rings is 1. The Morgan fingerprint density at radius 3 is 2.82 bits per heavy atom. The predicted molar refractivity (Wildman–Crippen MR) is 86.2 cm³/mol. The minimum absolute atomic E-state index is 0.536. The van der Waals surface area contributed by atoms with Crippen LogP contribution in [-0.2, 0) is 6.54 Å². The van der Waals surface area contributed by atoms with Crippen molar-refractivity contribution in [2.24, 2.45) is 0 Å². The molecule has 2 heterocycles. The Hall–Kier alpha value is -2.26. The molecule has 0 fully saturated rings. The molecule has 112 valence electrons. The lowest BCUT2D eigenvalue weighted by atomic mass is 10.1. The van der Waals surface area contributed by atoms with E-state index in [1.54, 1.807) is 12.3 Å². The van der Waals surface area contributed by atoms with Gasteiger partial charge in [-0.25, -0.2) is 4.98 Å². The molecule has 3 rings (SSSR count). The Morgan fingerprint density at radius 2 is 2.05 bits per heavy atom. The fourth-order valence-electron chi connectivity index (χ4n) is 2.35. The number of nitriles is 1. The number of fused-ring (bicyclic) bond motifs is 1. The van der Waals surface area contributed by atoms with Gasteiger partial charge in [0.05, 0.1) is 5.56 Å². The number of benzene rings is 1. The second kappa shape index (κ2) is 6.24. The summed E-state index contributed by atoms with van der Waals surface area (Å²) < 4.78 is 11.9. The van der Waals surface area contributed by atoms with Gasteiger partial charge in [-0.2, -0.15) is 5.26 Å². The molecule has 1 aliphatic heterocycles. The highest BCUT2D eigenvalue weighted by molar-refractivity contribution is 9.10. The van der Waals surface area contributed by atoms with Gasteiger partial charge in [-0.3, -0.25) is 0 Å². The van der Waals surface area contributed by atoms with Crippen molar-refractivity contribution < 1.29 is 9.47 Å². The average molecular weight is 360 g/mol. The van der Waals surface area contributed by atoms with Gasteiger partial charge < -0.3 is 14.4 Å². The van der Waals surface area contributed by atoms with Crippen LogP contribution in [0.2, 0.25) is 0 Å². The van der Waals surface area contributed by atoms with Gasteiger partial charge in [-0.15, -0.1) is 0 Å². The zero-order chi connectivity index (χ0) is 15.5. The van der Waals surface area contributed by atoms with Gasteiger partial charge in [0.1, 0.15) is 25.1 Å². The topological polar surface area (TPSA) is 58.4 Å². The van der Waals surface area contributed by atoms with Gasteiger partial charge in [0.25, 0.3) is 0 Å². The van der Waals surface area contributed by atoms with Crippen molar-refractivity contribution >= 4 is 21.7 Å². The molecule has 0 bridgehead atoms. The maximum atomic E-state index is 9.24. The second-order valence-corrected chi connectivity index (χ2v) is 5.89. The average Bonchev–Trinajstić information content (AvgIpc) is 2.54. The van der Waals surface area contributed by atoms with E-state index in [9.17, 15) is 5.26 Å². The summed E-state index contributed by atoms with van der Waals surface area (Å²) in [5.41, 5.74) is 1.61. The maximum Gasteiger partial charge on any atom is 0.161 e. The molecule has 0 atom stereocenters. The van der Waals surface area contributed by atoms with Crippen LogP contribution in [-0.4, -0.2) is 25.2 Å². The van der Waals surface area contributed by atoms with Crippen LogP contribution >= 0.6 is 15.9 Å². The number of ether oxygens (including phenoxy) is 2. The van der Waals surface area contributed by atoms with Gasteiger partial charge in [0.2, 0.25) is 0 Å². The normalized spacial score (nSPS) is 12.6. The Morgan fingerprint density at radius 1 is 1.27 bits per heavy atom. The summed E-state index contributed by atoms with van der Waals surface area (Å²) in [5, 5.41) is 9.24. The third-order valence-electron chi connectivity index (χ3n) is 3.34. The molecule has 22 heavy (non-hydrogen) atoms. The lowest BCUT2D eigenvalue weighted by molar-refractivity contribution is 0.171. The largest absolute Gasteiger partial charge is 0.486 e. The van der Waals surface area contributed by atoms with Gasteiger partial charge in [-0.05, 0) is 39.7 Å². The zero-order valence-electron chi connectivity index (χ0n) is 12.0. The molecule has 1 aromatic heterocycles. The number of hydrogen-bond donors (Lipinski definition) is 0. The highest BCUT2D eigenvalue weighted by atomic mass is 79.9. The molecule has 0 saturated heterocycles. The second-order valence-electron chi connectivity index (χ2n) is 4.97. The number of rotatable bonds is 3. The molecular formula is C16H14BrN3O2. The monoisotopic (exact) mass is 359 g/mol. The van der Waals surface area contributed by atoms with Gasteiger partial charge in [-0.1, -0.05) is 6.07 Å². The minimum atomic E-state index is 0.536. The van der Waals surface area contributed by atoms with E-state index in [2.05, 4.69) is 27.0 Å². The van der Waals surface area contributed by atoms with Crippen molar-refractivity contribution in [3.63, 3.8) is 0 Å². The predicted octanol–water partition coefficient (Wildman–Crippen LogP) is 3.12. The van der Waals surface area contributed by atoms with E-state index in [0.717, 1.165) is 21.5 Å². The van der Waals surface area contributed by atoms with Crippen LogP contribution in [0.3, 0.4) is 0 Å². The lowest BCUT2D eigenvalue weighted by Crippen LogP contribution is -2.20. The lowest BCUT2D eigenvalue weighted by Gasteiger charge is -2.22. The van der Waals surface area contributed by atoms with Crippen LogP contribution in [0.5, 0.6) is 11.5 Å². The summed E-state index contributed by atoms with van der Waals surface area (Å²) in [6.07, 6.45) is 1.69. The number of aromatic nitrogens is 1. The Labute approximate surface area is 137 Å². The van der Waals surface area contributed by atoms with Crippen LogP contribution in [0.1, 0.15) is 11.1 Å². The smallest absolute Gasteiger partial charge is 0.161 e. The Kier molecular flexibility index (Phi) is 4.16. The summed E-state index contributed by atoms with van der Waals surface area (Å²) >= 11 is 3.33. The first-order chi connectivity index (χ1) is 10.7. The minimum Gasteiger partial charge on any atom is -0.486 e. The molecule has 0 aliphatic carbocycles. The number of halogens is 1. The van der Waals surface area contributed by atoms with E-state index in [0.29, 0.717) is 31.1 Å². The molecule has 0 radical (unpaired) electrons. The standard InChI is InChI=1S/C16H14BrN3O2/c1-20(16-12(8-18)7-13(17)9-19-16)10-11-2-3-14-15(6-11)22-5-4-21-14/h2-3,6-7,9H,4-5,10H2,1H3. The van der Waals surface area contributed by atoms with Gasteiger partial charge in [0, 0.05) is 24.3 Å². The van der Waals surface area contributed by atoms with Crippen LogP contribution in [0.15, 0.2) is 34.9 Å². The molecule has 2 aromatic rings. The van der Waals surface area contributed by atoms with Crippen LogP contribution in [0.25, 0.3) is 0 Å². The van der Waals surface area contributed by atoms with Crippen molar-refractivity contribution in [2.45, 2.75) is 6.54 Å². The van der Waals surface area contributed by atoms with E-state index in [1.807, 2.05) is 30.1 Å². The number of hydrogen-bond acceptors (Lipinski definition) is 5. The summed E-state index contributed by atoms with van der Waals surface area (Å²) in [6.45, 7) is 1.78. The molecule has 0 saturated carbocycles. The van der Waals surface area contributed by atoms with E-state index >= 15 is 0 Å². The third kappa shape index (κ3) is 3.00. The molecule has 6 heteroatoms. The first-order valence-electron chi connectivity index (χ1n) is 6.82. The van der Waals surface area contributed by atoms with Crippen molar-refractivity contribution in [2.75, 3.05) is 25.2 Å². The van der Waals surface area contributed by atoms with Crippen molar-refractivity contribution in [1.29, 1.82) is 5.26 Å². The summed E-state index contributed by atoms with van der Waals surface area (Å²) in [7, 11) is 1.91. The van der Waals surface area contributed by atoms with Gasteiger partial charge >= 0.3 is 0 Å². The van der Waals surface area contributed by atoms with Gasteiger partial charge in [0.15, 0.2) is 11.5 Å². The number of anilines is 1. The zero-order valence-corrected chi connectivity index (χ0v) is 13.6. The summed E-state index contributed by atoms with van der Waals surface area (Å²) in [4.78, 5) is 6.27. The molecule has 0 amide bonds. The molecule has 0 N–H and O–H groups in total. The third-order valence-corrected chi connectivity index (χ3v) is 3.78. The fourth-order valence-corrected chi connectivity index (χ4v) is 2.68. The van der Waals surface area contributed by atoms with E-state index in [1.165, 1.54) is 0 Å². The molecule has 1 aliphatic rings. The first-order valence-corrected chi connectivity index (χ1v) is 7.62. The molecule has 1 aromatic carbocycles. The maximum absolute atomic E-state index is 9.24.